The molecule has 0 unspecified atom stereocenters. The smallest absolute Gasteiger partial charge is 0.239 e. The SMILES string of the molecule is COc1ncc2n3c(ncc13)CC(=O)c1ccccc1-2. The summed E-state index contributed by atoms with van der Waals surface area (Å²) in [5.74, 6) is 1.31. The van der Waals surface area contributed by atoms with Crippen LogP contribution in [0, 0.1) is 0 Å². The monoisotopic (exact) mass is 265 g/mol. The predicted octanol–water partition coefficient (Wildman–Crippen LogP) is 2.14. The number of fused-ring (bicyclic) bond motifs is 2. The number of hydrogen-bond donors (Lipinski definition) is 0. The molecule has 98 valence electrons. The summed E-state index contributed by atoms with van der Waals surface area (Å²) in [5, 5.41) is 0. The summed E-state index contributed by atoms with van der Waals surface area (Å²) in [5.41, 5.74) is 3.25. The summed E-state index contributed by atoms with van der Waals surface area (Å²) >= 11 is 0. The maximum atomic E-state index is 12.4. The van der Waals surface area contributed by atoms with Gasteiger partial charge in [0.1, 0.15) is 11.3 Å². The number of carbonyl (C=O) groups excluding carboxylic acids is 1. The van der Waals surface area contributed by atoms with Crippen LogP contribution in [0.3, 0.4) is 0 Å². The van der Waals surface area contributed by atoms with Gasteiger partial charge in [0.05, 0.1) is 31.6 Å². The number of methoxy groups -OCH3 is 1. The van der Waals surface area contributed by atoms with Crippen LogP contribution in [0.4, 0.5) is 0 Å². The fourth-order valence-electron chi connectivity index (χ4n) is 2.71. The molecule has 20 heavy (non-hydrogen) atoms. The summed E-state index contributed by atoms with van der Waals surface area (Å²) in [6, 6.07) is 7.58. The second-order valence-corrected chi connectivity index (χ2v) is 4.69. The average molecular weight is 265 g/mol. The molecule has 1 aliphatic rings. The standard InChI is InChI=1S/C15H11N3O2/c1-20-15-12-8-16-14-6-13(19)10-5-3-2-4-9(10)11(7-17-15)18(12)14/h2-5,7-8H,6H2,1H3. The molecule has 0 spiro atoms. The molecule has 0 amide bonds. The molecule has 0 saturated heterocycles. The minimum atomic E-state index is 0.0725. The second-order valence-electron chi connectivity index (χ2n) is 4.69. The number of benzene rings is 1. The van der Waals surface area contributed by atoms with Crippen molar-refractivity contribution in [1.29, 1.82) is 0 Å². The number of aromatic nitrogens is 3. The highest BCUT2D eigenvalue weighted by Crippen LogP contribution is 2.32. The summed E-state index contributed by atoms with van der Waals surface area (Å²) in [6.45, 7) is 0. The van der Waals surface area contributed by atoms with E-state index in [4.69, 9.17) is 4.74 Å². The van der Waals surface area contributed by atoms with Gasteiger partial charge >= 0.3 is 0 Å². The van der Waals surface area contributed by atoms with Gasteiger partial charge in [-0.25, -0.2) is 9.97 Å². The summed E-state index contributed by atoms with van der Waals surface area (Å²) in [7, 11) is 1.58. The molecule has 2 aromatic heterocycles. The molecule has 4 rings (SSSR count). The van der Waals surface area contributed by atoms with Crippen LogP contribution in [0.5, 0.6) is 5.88 Å². The largest absolute Gasteiger partial charge is 0.479 e. The zero-order valence-corrected chi connectivity index (χ0v) is 10.8. The van der Waals surface area contributed by atoms with Crippen LogP contribution in [0.1, 0.15) is 16.2 Å². The Morgan fingerprint density at radius 1 is 1.15 bits per heavy atom. The molecule has 0 bridgehead atoms. The van der Waals surface area contributed by atoms with Crippen LogP contribution < -0.4 is 4.74 Å². The van der Waals surface area contributed by atoms with Crippen LogP contribution in [-0.2, 0) is 6.42 Å². The molecule has 0 N–H and O–H groups in total. The van der Waals surface area contributed by atoms with Crippen molar-refractivity contribution >= 4 is 11.3 Å². The first-order valence-electron chi connectivity index (χ1n) is 6.31. The van der Waals surface area contributed by atoms with Gasteiger partial charge in [-0.05, 0) is 0 Å². The van der Waals surface area contributed by atoms with E-state index in [0.29, 0.717) is 11.4 Å². The van der Waals surface area contributed by atoms with Crippen molar-refractivity contribution in [3.63, 3.8) is 0 Å². The van der Waals surface area contributed by atoms with E-state index in [0.717, 1.165) is 22.6 Å². The van der Waals surface area contributed by atoms with Gasteiger partial charge in [0, 0.05) is 11.1 Å². The van der Waals surface area contributed by atoms with Crippen LogP contribution in [0.25, 0.3) is 16.8 Å². The molecule has 5 heteroatoms. The third-order valence-electron chi connectivity index (χ3n) is 3.61. The third-order valence-corrected chi connectivity index (χ3v) is 3.61. The number of ether oxygens (including phenoxy) is 1. The lowest BCUT2D eigenvalue weighted by atomic mass is 10.0. The molecule has 3 aromatic rings. The highest BCUT2D eigenvalue weighted by molar-refractivity contribution is 6.04. The molecule has 1 aromatic carbocycles. The fraction of sp³-hybridized carbons (Fsp3) is 0.133. The van der Waals surface area contributed by atoms with Crippen molar-refractivity contribution in [2.24, 2.45) is 0 Å². The number of imidazole rings is 1. The van der Waals surface area contributed by atoms with Crippen LogP contribution >= 0.6 is 0 Å². The van der Waals surface area contributed by atoms with Gasteiger partial charge in [0.2, 0.25) is 5.88 Å². The molecule has 0 atom stereocenters. The van der Waals surface area contributed by atoms with E-state index in [9.17, 15) is 4.79 Å². The van der Waals surface area contributed by atoms with E-state index in [-0.39, 0.29) is 12.2 Å². The number of nitrogens with zero attached hydrogens (tertiary/aromatic N) is 3. The average Bonchev–Trinajstić information content (AvgIpc) is 2.85. The Balaban J connectivity index is 2.16. The quantitative estimate of drug-likeness (QED) is 0.676. The highest BCUT2D eigenvalue weighted by atomic mass is 16.5. The van der Waals surface area contributed by atoms with E-state index in [2.05, 4.69) is 9.97 Å². The number of rotatable bonds is 1. The van der Waals surface area contributed by atoms with E-state index < -0.39 is 0 Å². The van der Waals surface area contributed by atoms with Crippen molar-refractivity contribution in [3.8, 4) is 17.1 Å². The molecular weight excluding hydrogens is 254 g/mol. The number of hydrogen-bond acceptors (Lipinski definition) is 4. The molecule has 1 aliphatic heterocycles. The molecule has 5 nitrogen and oxygen atoms in total. The Hall–Kier alpha value is -2.69. The first kappa shape index (κ1) is 11.2. The van der Waals surface area contributed by atoms with Crippen LogP contribution in [-0.4, -0.2) is 27.3 Å². The molecule has 0 saturated carbocycles. The molecular formula is C15H11N3O2. The summed E-state index contributed by atoms with van der Waals surface area (Å²) in [4.78, 5) is 21.0. The lowest BCUT2D eigenvalue weighted by molar-refractivity contribution is 0.0992. The van der Waals surface area contributed by atoms with E-state index in [1.807, 2.05) is 28.7 Å². The fourth-order valence-corrected chi connectivity index (χ4v) is 2.71. The Labute approximate surface area is 114 Å². The van der Waals surface area contributed by atoms with E-state index >= 15 is 0 Å². The van der Waals surface area contributed by atoms with Gasteiger partial charge in [0.15, 0.2) is 5.78 Å². The Kier molecular flexibility index (Phi) is 2.18. The molecule has 0 radical (unpaired) electrons. The topological polar surface area (TPSA) is 56.5 Å². The molecule has 3 heterocycles. The first-order valence-corrected chi connectivity index (χ1v) is 6.31. The normalized spacial score (nSPS) is 13.2. The Morgan fingerprint density at radius 3 is 2.75 bits per heavy atom. The number of carbonyl (C=O) groups is 1. The zero-order valence-electron chi connectivity index (χ0n) is 10.8. The number of ketones is 1. The van der Waals surface area contributed by atoms with Gasteiger partial charge in [-0.15, -0.1) is 0 Å². The highest BCUT2D eigenvalue weighted by Gasteiger charge is 2.24. The summed E-state index contributed by atoms with van der Waals surface area (Å²) < 4.78 is 7.22. The van der Waals surface area contributed by atoms with Crippen molar-refractivity contribution in [3.05, 3.63) is 48.0 Å². The van der Waals surface area contributed by atoms with E-state index in [1.54, 1.807) is 19.5 Å². The van der Waals surface area contributed by atoms with Gasteiger partial charge in [-0.3, -0.25) is 9.20 Å². The Morgan fingerprint density at radius 2 is 1.95 bits per heavy atom. The molecule has 0 aliphatic carbocycles. The second kappa shape index (κ2) is 3.90. The van der Waals surface area contributed by atoms with Crippen LogP contribution in [0.2, 0.25) is 0 Å². The van der Waals surface area contributed by atoms with E-state index in [1.165, 1.54) is 0 Å². The van der Waals surface area contributed by atoms with Crippen molar-refractivity contribution in [1.82, 2.24) is 14.4 Å². The van der Waals surface area contributed by atoms with Gasteiger partial charge in [0.25, 0.3) is 0 Å². The van der Waals surface area contributed by atoms with Crippen LogP contribution in [0.15, 0.2) is 36.7 Å². The zero-order chi connectivity index (χ0) is 13.7. The van der Waals surface area contributed by atoms with Crippen molar-refractivity contribution in [2.45, 2.75) is 6.42 Å². The van der Waals surface area contributed by atoms with Gasteiger partial charge in [-0.2, -0.15) is 0 Å². The third kappa shape index (κ3) is 1.34. The van der Waals surface area contributed by atoms with Gasteiger partial charge < -0.3 is 4.74 Å². The maximum Gasteiger partial charge on any atom is 0.239 e. The van der Waals surface area contributed by atoms with Crippen molar-refractivity contribution in [2.75, 3.05) is 7.11 Å². The Bertz CT molecular complexity index is 851. The molecule has 0 fully saturated rings. The first-order chi connectivity index (χ1) is 9.79. The van der Waals surface area contributed by atoms with Gasteiger partial charge in [-0.1, -0.05) is 24.3 Å². The lowest BCUT2D eigenvalue weighted by Crippen LogP contribution is -2.04. The minimum Gasteiger partial charge on any atom is -0.479 e. The maximum absolute atomic E-state index is 12.4. The van der Waals surface area contributed by atoms with Crippen molar-refractivity contribution < 1.29 is 9.53 Å². The number of Topliss-reactive ketones (excluding diaryl/α,β-unsaturated/α-hetero) is 1. The lowest BCUT2D eigenvalue weighted by Gasteiger charge is -2.09. The summed E-state index contributed by atoms with van der Waals surface area (Å²) in [6.07, 6.45) is 3.71. The predicted molar refractivity (Wildman–Crippen MR) is 73.0 cm³/mol. The minimum absolute atomic E-state index is 0.0725.